The van der Waals surface area contributed by atoms with Crippen molar-refractivity contribution in [2.45, 2.75) is 24.9 Å². The first-order valence-electron chi connectivity index (χ1n) is 10.4. The number of carbonyl (C=O) groups is 1. The Hall–Kier alpha value is -2.41. The van der Waals surface area contributed by atoms with Crippen LogP contribution in [0, 0.1) is 0 Å². The van der Waals surface area contributed by atoms with Gasteiger partial charge < -0.3 is 20.1 Å². The smallest absolute Gasteiger partial charge is 0.410 e. The van der Waals surface area contributed by atoms with Crippen LogP contribution in [0.3, 0.4) is 0 Å². The molecule has 2 N–H and O–H groups in total. The van der Waals surface area contributed by atoms with Gasteiger partial charge in [-0.25, -0.2) is 4.79 Å². The number of nitrogens with two attached hydrogens (primary N) is 1. The number of ether oxygens (including phenoxy) is 2. The minimum Gasteiger partial charge on any atom is -0.410 e. The summed E-state index contributed by atoms with van der Waals surface area (Å²) < 4.78 is 11.2. The fourth-order valence-electron chi connectivity index (χ4n) is 4.42. The molecule has 2 fully saturated rings. The molecule has 2 aromatic carbocycles. The van der Waals surface area contributed by atoms with Crippen molar-refractivity contribution in [3.05, 3.63) is 65.7 Å². The minimum atomic E-state index is -0.274. The number of para-hydroxylation sites is 1. The van der Waals surface area contributed by atoms with E-state index in [-0.39, 0.29) is 11.6 Å². The number of piperazine rings is 1. The Labute approximate surface area is 172 Å². The third kappa shape index (κ3) is 4.29. The lowest BCUT2D eigenvalue weighted by Gasteiger charge is -2.49. The minimum absolute atomic E-state index is 0.0409. The van der Waals surface area contributed by atoms with Crippen LogP contribution in [0.5, 0.6) is 5.75 Å². The van der Waals surface area contributed by atoms with E-state index in [4.69, 9.17) is 15.2 Å². The van der Waals surface area contributed by atoms with Crippen molar-refractivity contribution in [1.29, 1.82) is 0 Å². The van der Waals surface area contributed by atoms with Crippen molar-refractivity contribution >= 4 is 6.09 Å². The molecule has 0 atom stereocenters. The first-order chi connectivity index (χ1) is 14.2. The molecule has 2 heterocycles. The van der Waals surface area contributed by atoms with Crippen LogP contribution >= 0.6 is 0 Å². The third-order valence-corrected chi connectivity index (χ3v) is 6.14. The van der Waals surface area contributed by atoms with Crippen LogP contribution < -0.4 is 10.5 Å². The lowest BCUT2D eigenvalue weighted by atomic mass is 9.80. The number of amides is 1. The van der Waals surface area contributed by atoms with Gasteiger partial charge in [0.2, 0.25) is 0 Å². The van der Waals surface area contributed by atoms with Gasteiger partial charge in [-0.05, 0) is 36.1 Å². The molecule has 0 radical (unpaired) electrons. The van der Waals surface area contributed by atoms with Gasteiger partial charge >= 0.3 is 6.09 Å². The van der Waals surface area contributed by atoms with E-state index in [0.29, 0.717) is 25.4 Å². The largest absolute Gasteiger partial charge is 0.415 e. The molecule has 4 rings (SSSR count). The molecule has 2 aliphatic heterocycles. The molecule has 2 saturated heterocycles. The zero-order valence-electron chi connectivity index (χ0n) is 16.8. The SMILES string of the molecule is NCc1ccc(C2(N3CCN(C(=O)Oc4ccccc4)CC3)CCOCC2)cc1. The van der Waals surface area contributed by atoms with Crippen molar-refractivity contribution in [1.82, 2.24) is 9.80 Å². The molecule has 29 heavy (non-hydrogen) atoms. The molecule has 0 spiro atoms. The summed E-state index contributed by atoms with van der Waals surface area (Å²) in [7, 11) is 0. The van der Waals surface area contributed by atoms with Gasteiger partial charge in [0.15, 0.2) is 0 Å². The van der Waals surface area contributed by atoms with Crippen molar-refractivity contribution in [2.75, 3.05) is 39.4 Å². The van der Waals surface area contributed by atoms with Crippen LogP contribution in [-0.4, -0.2) is 55.3 Å². The Balaban J connectivity index is 1.44. The lowest BCUT2D eigenvalue weighted by molar-refractivity contribution is -0.0483. The van der Waals surface area contributed by atoms with Gasteiger partial charge in [0, 0.05) is 45.9 Å². The molecule has 1 amide bonds. The van der Waals surface area contributed by atoms with Gasteiger partial charge in [0.05, 0.1) is 5.54 Å². The van der Waals surface area contributed by atoms with Crippen LogP contribution in [0.15, 0.2) is 54.6 Å². The highest BCUT2D eigenvalue weighted by Crippen LogP contribution is 2.39. The molecule has 2 aromatic rings. The first kappa shape index (κ1) is 19.9. The van der Waals surface area contributed by atoms with Crippen LogP contribution in [0.1, 0.15) is 24.0 Å². The lowest BCUT2D eigenvalue weighted by Crippen LogP contribution is -2.58. The summed E-state index contributed by atoms with van der Waals surface area (Å²) in [5.41, 5.74) is 8.19. The Morgan fingerprint density at radius 1 is 0.966 bits per heavy atom. The fourth-order valence-corrected chi connectivity index (χ4v) is 4.42. The number of hydrogen-bond donors (Lipinski definition) is 1. The summed E-state index contributed by atoms with van der Waals surface area (Å²) in [6.07, 6.45) is 1.65. The van der Waals surface area contributed by atoms with E-state index in [2.05, 4.69) is 29.2 Å². The summed E-state index contributed by atoms with van der Waals surface area (Å²) in [5.74, 6) is 0.584. The molecule has 6 nitrogen and oxygen atoms in total. The molecule has 0 bridgehead atoms. The standard InChI is InChI=1S/C23H29N3O3/c24-18-19-6-8-20(9-7-19)23(10-16-28-17-11-23)26-14-12-25(13-15-26)22(27)29-21-4-2-1-3-5-21/h1-9H,10-18,24H2. The molecule has 2 aliphatic rings. The molecule has 154 valence electrons. The van der Waals surface area contributed by atoms with Crippen molar-refractivity contribution in [3.8, 4) is 5.75 Å². The van der Waals surface area contributed by atoms with Gasteiger partial charge in [-0.2, -0.15) is 0 Å². The maximum atomic E-state index is 12.5. The van der Waals surface area contributed by atoms with Gasteiger partial charge in [-0.1, -0.05) is 42.5 Å². The average molecular weight is 396 g/mol. The van der Waals surface area contributed by atoms with E-state index >= 15 is 0 Å². The molecule has 0 aliphatic carbocycles. The van der Waals surface area contributed by atoms with Crippen LogP contribution in [0.4, 0.5) is 4.79 Å². The third-order valence-electron chi connectivity index (χ3n) is 6.14. The number of hydrogen-bond acceptors (Lipinski definition) is 5. The topological polar surface area (TPSA) is 68.0 Å². The van der Waals surface area contributed by atoms with E-state index in [0.717, 1.165) is 44.7 Å². The van der Waals surface area contributed by atoms with Gasteiger partial charge in [-0.15, -0.1) is 0 Å². The Kier molecular flexibility index (Phi) is 6.13. The number of nitrogens with zero attached hydrogens (tertiary/aromatic N) is 2. The normalized spacial score (nSPS) is 19.7. The molecule has 0 unspecified atom stereocenters. The summed E-state index contributed by atoms with van der Waals surface area (Å²) in [5, 5.41) is 0. The first-order valence-corrected chi connectivity index (χ1v) is 10.4. The molecular weight excluding hydrogens is 366 g/mol. The molecule has 6 heteroatoms. The number of rotatable bonds is 4. The van der Waals surface area contributed by atoms with Crippen LogP contribution in [0.25, 0.3) is 0 Å². The fraction of sp³-hybridized carbons (Fsp3) is 0.435. The molecule has 0 aromatic heterocycles. The number of benzene rings is 2. The van der Waals surface area contributed by atoms with Gasteiger partial charge in [0.25, 0.3) is 0 Å². The van der Waals surface area contributed by atoms with Crippen molar-refractivity contribution in [2.24, 2.45) is 5.73 Å². The Bertz CT molecular complexity index is 796. The summed E-state index contributed by atoms with van der Waals surface area (Å²) in [6, 6.07) is 17.9. The van der Waals surface area contributed by atoms with Gasteiger partial charge in [0.1, 0.15) is 5.75 Å². The number of carbonyl (C=O) groups excluding carboxylic acids is 1. The van der Waals surface area contributed by atoms with Crippen molar-refractivity contribution in [3.63, 3.8) is 0 Å². The van der Waals surface area contributed by atoms with E-state index in [9.17, 15) is 4.79 Å². The van der Waals surface area contributed by atoms with E-state index in [1.54, 1.807) is 17.0 Å². The Morgan fingerprint density at radius 2 is 1.62 bits per heavy atom. The molecule has 0 saturated carbocycles. The quantitative estimate of drug-likeness (QED) is 0.862. The second-order valence-electron chi connectivity index (χ2n) is 7.70. The average Bonchev–Trinajstić information content (AvgIpc) is 2.80. The highest BCUT2D eigenvalue weighted by molar-refractivity contribution is 5.70. The highest BCUT2D eigenvalue weighted by atomic mass is 16.6. The highest BCUT2D eigenvalue weighted by Gasteiger charge is 2.41. The van der Waals surface area contributed by atoms with E-state index in [1.165, 1.54) is 5.56 Å². The van der Waals surface area contributed by atoms with E-state index < -0.39 is 0 Å². The maximum absolute atomic E-state index is 12.5. The predicted octanol–water partition coefficient (Wildman–Crippen LogP) is 2.97. The second kappa shape index (κ2) is 8.95. The van der Waals surface area contributed by atoms with E-state index in [1.807, 2.05) is 18.2 Å². The maximum Gasteiger partial charge on any atom is 0.415 e. The predicted molar refractivity (Wildman–Crippen MR) is 112 cm³/mol. The monoisotopic (exact) mass is 395 g/mol. The zero-order valence-corrected chi connectivity index (χ0v) is 16.8. The van der Waals surface area contributed by atoms with Crippen LogP contribution in [-0.2, 0) is 16.8 Å². The zero-order chi connectivity index (χ0) is 20.1. The van der Waals surface area contributed by atoms with Crippen LogP contribution in [0.2, 0.25) is 0 Å². The summed E-state index contributed by atoms with van der Waals surface area (Å²) in [6.45, 7) is 5.04. The molecular formula is C23H29N3O3. The van der Waals surface area contributed by atoms with Gasteiger partial charge in [-0.3, -0.25) is 4.90 Å². The summed E-state index contributed by atoms with van der Waals surface area (Å²) >= 11 is 0. The summed E-state index contributed by atoms with van der Waals surface area (Å²) in [4.78, 5) is 16.9. The van der Waals surface area contributed by atoms with Crippen molar-refractivity contribution < 1.29 is 14.3 Å². The second-order valence-corrected chi connectivity index (χ2v) is 7.70. The Morgan fingerprint density at radius 3 is 2.24 bits per heavy atom.